The zero-order valence-corrected chi connectivity index (χ0v) is 10.4. The Bertz CT molecular complexity index is 574. The van der Waals surface area contributed by atoms with Gasteiger partial charge in [0.25, 0.3) is 0 Å². The summed E-state index contributed by atoms with van der Waals surface area (Å²) in [6.07, 6.45) is 3.43. The van der Waals surface area contributed by atoms with Gasteiger partial charge in [0.05, 0.1) is 19.1 Å². The molecular formula is C11H12LiN3O3. The Kier molecular flexibility index (Phi) is 4.54. The van der Waals surface area contributed by atoms with Crippen LogP contribution >= 0.6 is 0 Å². The second kappa shape index (κ2) is 5.71. The Morgan fingerprint density at radius 3 is 2.72 bits per heavy atom. The fraction of sp³-hybridized carbons (Fsp3) is 0.182. The van der Waals surface area contributed by atoms with Crippen LogP contribution in [0.4, 0.5) is 0 Å². The molecule has 0 aliphatic carbocycles. The van der Waals surface area contributed by atoms with E-state index in [2.05, 4.69) is 9.97 Å². The van der Waals surface area contributed by atoms with E-state index in [1.54, 1.807) is 23.2 Å². The maximum Gasteiger partial charge on any atom is 1.00 e. The molecule has 18 heavy (non-hydrogen) atoms. The molecule has 2 rings (SSSR count). The van der Waals surface area contributed by atoms with Crippen LogP contribution in [0.1, 0.15) is 17.6 Å². The molecule has 2 aromatic rings. The number of hydrogen-bond donors (Lipinski definition) is 1. The van der Waals surface area contributed by atoms with Crippen molar-refractivity contribution < 1.29 is 34.9 Å². The first kappa shape index (κ1) is 14.3. The molecule has 0 aliphatic rings. The van der Waals surface area contributed by atoms with Crippen molar-refractivity contribution >= 4 is 5.97 Å². The maximum atomic E-state index is 10.8. The molecule has 6 nitrogen and oxygen atoms in total. The van der Waals surface area contributed by atoms with Gasteiger partial charge in [0, 0.05) is 6.20 Å². The molecule has 0 amide bonds. The van der Waals surface area contributed by atoms with E-state index >= 15 is 0 Å². The van der Waals surface area contributed by atoms with Crippen molar-refractivity contribution in [2.24, 2.45) is 0 Å². The van der Waals surface area contributed by atoms with Gasteiger partial charge in [0.2, 0.25) is 5.88 Å². The number of aromatic carboxylic acids is 1. The van der Waals surface area contributed by atoms with Gasteiger partial charge in [-0.25, -0.2) is 14.8 Å². The molecule has 0 unspecified atom stereocenters. The molecule has 0 saturated carbocycles. The summed E-state index contributed by atoms with van der Waals surface area (Å²) in [4.78, 5) is 18.8. The van der Waals surface area contributed by atoms with Crippen molar-refractivity contribution in [2.45, 2.75) is 6.92 Å². The van der Waals surface area contributed by atoms with E-state index < -0.39 is 5.97 Å². The zero-order chi connectivity index (χ0) is 12.4. The van der Waals surface area contributed by atoms with Crippen molar-refractivity contribution in [3.05, 3.63) is 36.0 Å². The average molecular weight is 241 g/mol. The summed E-state index contributed by atoms with van der Waals surface area (Å²) in [5.41, 5.74) is 1.45. The van der Waals surface area contributed by atoms with E-state index in [1.807, 2.05) is 6.92 Å². The minimum Gasteiger partial charge on any atom is -1.00 e. The van der Waals surface area contributed by atoms with E-state index in [0.29, 0.717) is 5.69 Å². The van der Waals surface area contributed by atoms with Crippen molar-refractivity contribution in [2.75, 3.05) is 7.11 Å². The SMILES string of the molecule is COc1nc(C(=O)O)ccc1-n1cnc(C)c1.[H-].[Li+]. The number of methoxy groups -OCH3 is 1. The third-order valence-corrected chi connectivity index (χ3v) is 2.24. The van der Waals surface area contributed by atoms with Crippen LogP contribution in [0, 0.1) is 6.92 Å². The number of pyridine rings is 1. The molecule has 1 N–H and O–H groups in total. The summed E-state index contributed by atoms with van der Waals surface area (Å²) < 4.78 is 6.81. The van der Waals surface area contributed by atoms with Crippen molar-refractivity contribution in [3.8, 4) is 11.6 Å². The standard InChI is InChI=1S/C11H11N3O3.Li.H/c1-7-5-14(6-12-7)9-4-3-8(11(15)16)13-10(9)17-2;;/h3-6H,1-2H3,(H,15,16);;/q;+1;-1. The summed E-state index contributed by atoms with van der Waals surface area (Å²) in [5.74, 6) is -0.834. The van der Waals surface area contributed by atoms with Gasteiger partial charge in [-0.15, -0.1) is 0 Å². The quantitative estimate of drug-likeness (QED) is 0.655. The first-order valence-electron chi connectivity index (χ1n) is 4.91. The van der Waals surface area contributed by atoms with Gasteiger partial charge in [-0.3, -0.25) is 0 Å². The summed E-state index contributed by atoms with van der Waals surface area (Å²) >= 11 is 0. The number of aryl methyl sites for hydroxylation is 1. The van der Waals surface area contributed by atoms with Crippen molar-refractivity contribution in [1.82, 2.24) is 14.5 Å². The number of nitrogens with zero attached hydrogens (tertiary/aromatic N) is 3. The van der Waals surface area contributed by atoms with Crippen LogP contribution in [-0.2, 0) is 0 Å². The van der Waals surface area contributed by atoms with Gasteiger partial charge in [-0.2, -0.15) is 0 Å². The Balaban J connectivity index is 0.00000162. The smallest absolute Gasteiger partial charge is 1.00 e. The Labute approximate surface area is 117 Å². The molecule has 0 bridgehead atoms. The van der Waals surface area contributed by atoms with Crippen LogP contribution in [0.15, 0.2) is 24.7 Å². The Morgan fingerprint density at radius 2 is 2.22 bits per heavy atom. The topological polar surface area (TPSA) is 77.2 Å². The summed E-state index contributed by atoms with van der Waals surface area (Å²) in [5, 5.41) is 8.83. The number of carbonyl (C=O) groups is 1. The molecule has 7 heteroatoms. The monoisotopic (exact) mass is 241 g/mol. The second-order valence-electron chi connectivity index (χ2n) is 3.45. The zero-order valence-electron chi connectivity index (χ0n) is 11.4. The largest absolute Gasteiger partial charge is 1.00 e. The van der Waals surface area contributed by atoms with Crippen molar-refractivity contribution in [1.29, 1.82) is 0 Å². The minimum atomic E-state index is -1.09. The fourth-order valence-electron chi connectivity index (χ4n) is 1.45. The number of hydrogen-bond acceptors (Lipinski definition) is 4. The van der Waals surface area contributed by atoms with Gasteiger partial charge >= 0.3 is 24.8 Å². The van der Waals surface area contributed by atoms with Gasteiger partial charge < -0.3 is 15.8 Å². The van der Waals surface area contributed by atoms with E-state index in [1.165, 1.54) is 13.2 Å². The molecule has 0 fully saturated rings. The number of carboxylic acid groups (broad SMARTS) is 1. The molecule has 0 aliphatic heterocycles. The third-order valence-electron chi connectivity index (χ3n) is 2.24. The van der Waals surface area contributed by atoms with Crippen LogP contribution in [0.5, 0.6) is 5.88 Å². The number of aromatic nitrogens is 3. The van der Waals surface area contributed by atoms with Crippen LogP contribution < -0.4 is 23.6 Å². The number of imidazole rings is 1. The van der Waals surface area contributed by atoms with Gasteiger partial charge in [0.1, 0.15) is 5.69 Å². The predicted octanol–water partition coefficient (Wildman–Crippen LogP) is -1.60. The molecule has 90 valence electrons. The molecule has 0 spiro atoms. The molecule has 0 aromatic carbocycles. The van der Waals surface area contributed by atoms with Crippen LogP contribution in [-0.4, -0.2) is 32.7 Å². The Hall–Kier alpha value is -1.77. The number of rotatable bonds is 3. The van der Waals surface area contributed by atoms with E-state index in [-0.39, 0.29) is 31.9 Å². The van der Waals surface area contributed by atoms with Gasteiger partial charge in [-0.05, 0) is 19.1 Å². The minimum absolute atomic E-state index is 0. The maximum absolute atomic E-state index is 10.8. The molecule has 0 saturated heterocycles. The summed E-state index contributed by atoms with van der Waals surface area (Å²) in [6.45, 7) is 1.86. The third kappa shape index (κ3) is 2.72. The molecule has 2 aromatic heterocycles. The molecule has 0 atom stereocenters. The molecular weight excluding hydrogens is 229 g/mol. The van der Waals surface area contributed by atoms with E-state index in [0.717, 1.165) is 5.69 Å². The summed E-state index contributed by atoms with van der Waals surface area (Å²) in [7, 11) is 1.45. The normalized spacial score (nSPS) is 9.67. The Morgan fingerprint density at radius 1 is 1.50 bits per heavy atom. The van der Waals surface area contributed by atoms with E-state index in [4.69, 9.17) is 9.84 Å². The number of carboxylic acids is 1. The molecule has 2 heterocycles. The average Bonchev–Trinajstić information content (AvgIpc) is 2.74. The summed E-state index contributed by atoms with van der Waals surface area (Å²) in [6, 6.07) is 3.06. The first-order valence-corrected chi connectivity index (χ1v) is 4.91. The second-order valence-corrected chi connectivity index (χ2v) is 3.45. The van der Waals surface area contributed by atoms with Gasteiger partial charge in [-0.1, -0.05) is 0 Å². The van der Waals surface area contributed by atoms with E-state index in [9.17, 15) is 4.79 Å². The van der Waals surface area contributed by atoms with Gasteiger partial charge in [0.15, 0.2) is 5.69 Å². The van der Waals surface area contributed by atoms with Crippen LogP contribution in [0.2, 0.25) is 0 Å². The fourth-order valence-corrected chi connectivity index (χ4v) is 1.45. The first-order chi connectivity index (χ1) is 8.11. The van der Waals surface area contributed by atoms with Crippen molar-refractivity contribution in [3.63, 3.8) is 0 Å². The number of ether oxygens (including phenoxy) is 1. The predicted molar refractivity (Wildman–Crippen MR) is 60.7 cm³/mol. The van der Waals surface area contributed by atoms with Crippen LogP contribution in [0.3, 0.4) is 0 Å². The molecule has 0 radical (unpaired) electrons. The van der Waals surface area contributed by atoms with Crippen LogP contribution in [0.25, 0.3) is 5.69 Å².